The van der Waals surface area contributed by atoms with E-state index in [0.717, 1.165) is 13.1 Å². The number of ether oxygens (including phenoxy) is 2. The van der Waals surface area contributed by atoms with Gasteiger partial charge < -0.3 is 18.8 Å². The lowest BCUT2D eigenvalue weighted by molar-refractivity contribution is -0.145. The molecule has 0 saturated carbocycles. The predicted octanol–water partition coefficient (Wildman–Crippen LogP) is 2.47. The van der Waals surface area contributed by atoms with E-state index in [1.807, 2.05) is 13.8 Å². The fourth-order valence-electron chi connectivity index (χ4n) is 3.78. The highest BCUT2D eigenvalue weighted by atomic mass is 16.5. The van der Waals surface area contributed by atoms with Crippen molar-refractivity contribution in [2.24, 2.45) is 5.92 Å². The number of aryl methyl sites for hydroxylation is 1. The Morgan fingerprint density at radius 2 is 1.89 bits per heavy atom. The molecule has 27 heavy (non-hydrogen) atoms. The molecule has 3 unspecified atom stereocenters. The van der Waals surface area contributed by atoms with Gasteiger partial charge in [-0.3, -0.25) is 9.69 Å². The van der Waals surface area contributed by atoms with Gasteiger partial charge >= 0.3 is 5.97 Å². The van der Waals surface area contributed by atoms with Crippen LogP contribution in [0.25, 0.3) is 0 Å². The number of carbonyl (C=O) groups is 2. The zero-order chi connectivity index (χ0) is 20.3. The van der Waals surface area contributed by atoms with Crippen molar-refractivity contribution >= 4 is 11.9 Å². The average molecular weight is 380 g/mol. The molecule has 1 saturated heterocycles. The minimum atomic E-state index is -0.437. The Balaban J connectivity index is 2.12. The Bertz CT molecular complexity index is 659. The van der Waals surface area contributed by atoms with Crippen LogP contribution in [0.15, 0.2) is 10.5 Å². The van der Waals surface area contributed by atoms with Crippen LogP contribution in [0.5, 0.6) is 0 Å². The maximum absolute atomic E-state index is 13.2. The topological polar surface area (TPSA) is 72.2 Å². The molecule has 0 N–H and O–H groups in total. The zero-order valence-corrected chi connectivity index (χ0v) is 17.4. The third-order valence-electron chi connectivity index (χ3n) is 4.87. The number of rotatable bonds is 6. The van der Waals surface area contributed by atoms with Gasteiger partial charge in [0.05, 0.1) is 31.9 Å². The van der Waals surface area contributed by atoms with Crippen molar-refractivity contribution < 1.29 is 23.5 Å². The third kappa shape index (κ3) is 5.11. The number of hydrogen-bond acceptors (Lipinski definition) is 6. The summed E-state index contributed by atoms with van der Waals surface area (Å²) in [5, 5.41) is 0. The van der Waals surface area contributed by atoms with Gasteiger partial charge in [0.15, 0.2) is 0 Å². The molecular weight excluding hydrogens is 348 g/mol. The molecular formula is C20H32N2O5. The summed E-state index contributed by atoms with van der Waals surface area (Å²) >= 11 is 0. The fourth-order valence-corrected chi connectivity index (χ4v) is 3.78. The van der Waals surface area contributed by atoms with Crippen molar-refractivity contribution in [2.75, 3.05) is 27.2 Å². The van der Waals surface area contributed by atoms with Gasteiger partial charge in [-0.1, -0.05) is 13.8 Å². The maximum Gasteiger partial charge on any atom is 0.341 e. The van der Waals surface area contributed by atoms with Crippen LogP contribution in [0.1, 0.15) is 49.6 Å². The monoisotopic (exact) mass is 380 g/mol. The van der Waals surface area contributed by atoms with Crippen LogP contribution in [0.4, 0.5) is 0 Å². The summed E-state index contributed by atoms with van der Waals surface area (Å²) in [7, 11) is 3.10. The number of furan rings is 1. The minimum Gasteiger partial charge on any atom is -0.465 e. The van der Waals surface area contributed by atoms with Crippen LogP contribution in [0.3, 0.4) is 0 Å². The normalized spacial score (nSPS) is 21.9. The molecule has 1 aromatic heterocycles. The second kappa shape index (κ2) is 8.89. The number of amides is 1. The highest BCUT2D eigenvalue weighted by molar-refractivity contribution is 5.90. The van der Waals surface area contributed by atoms with E-state index in [4.69, 9.17) is 13.9 Å². The maximum atomic E-state index is 13.2. The third-order valence-corrected chi connectivity index (χ3v) is 4.87. The molecule has 1 aliphatic rings. The first kappa shape index (κ1) is 21.4. The van der Waals surface area contributed by atoms with Gasteiger partial charge in [-0.25, -0.2) is 4.79 Å². The van der Waals surface area contributed by atoms with E-state index >= 15 is 0 Å². The van der Waals surface area contributed by atoms with E-state index < -0.39 is 5.97 Å². The predicted molar refractivity (Wildman–Crippen MR) is 101 cm³/mol. The Labute approximate surface area is 161 Å². The number of morpholine rings is 1. The fraction of sp³-hybridized carbons (Fsp3) is 0.700. The molecule has 0 aromatic carbocycles. The molecule has 0 bridgehead atoms. The number of likely N-dealkylation sites (N-methyl/N-ethyl adjacent to an activating group) is 1. The molecule has 1 aromatic rings. The van der Waals surface area contributed by atoms with Crippen LogP contribution in [-0.2, 0) is 20.8 Å². The Morgan fingerprint density at radius 3 is 2.41 bits per heavy atom. The lowest BCUT2D eigenvalue weighted by Crippen LogP contribution is -2.57. The molecule has 2 rings (SSSR count). The SMILES string of the molecule is COC(=O)c1cc(CN(C)C(=O)C(C(C)C)N2CC(C)OC(C)C2)oc1C. The molecule has 0 radical (unpaired) electrons. The van der Waals surface area contributed by atoms with E-state index in [1.54, 1.807) is 24.9 Å². The summed E-state index contributed by atoms with van der Waals surface area (Å²) in [6.07, 6.45) is 0.201. The quantitative estimate of drug-likeness (QED) is 0.706. The first-order chi connectivity index (χ1) is 12.6. The molecule has 152 valence electrons. The standard InChI is InChI=1S/C20H32N2O5/c1-12(2)18(22-9-13(3)26-14(4)10-22)19(23)21(6)11-16-8-17(15(5)27-16)20(24)25-7/h8,12-14,18H,9-11H2,1-7H3. The highest BCUT2D eigenvalue weighted by Crippen LogP contribution is 2.22. The minimum absolute atomic E-state index is 0.0416. The number of esters is 1. The van der Waals surface area contributed by atoms with E-state index in [-0.39, 0.29) is 30.1 Å². The number of carbonyl (C=O) groups excluding carboxylic acids is 2. The first-order valence-corrected chi connectivity index (χ1v) is 9.46. The summed E-state index contributed by atoms with van der Waals surface area (Å²) in [5.74, 6) is 0.832. The molecule has 0 spiro atoms. The van der Waals surface area contributed by atoms with Crippen molar-refractivity contribution in [2.45, 2.75) is 59.4 Å². The van der Waals surface area contributed by atoms with Crippen LogP contribution in [-0.4, -0.2) is 67.2 Å². The van der Waals surface area contributed by atoms with Crippen molar-refractivity contribution in [3.63, 3.8) is 0 Å². The second-order valence-electron chi connectivity index (χ2n) is 7.77. The van der Waals surface area contributed by atoms with Gasteiger partial charge in [-0.15, -0.1) is 0 Å². The Morgan fingerprint density at radius 1 is 1.30 bits per heavy atom. The lowest BCUT2D eigenvalue weighted by Gasteiger charge is -2.42. The highest BCUT2D eigenvalue weighted by Gasteiger charge is 2.35. The van der Waals surface area contributed by atoms with Crippen LogP contribution >= 0.6 is 0 Å². The summed E-state index contributed by atoms with van der Waals surface area (Å²) < 4.78 is 16.2. The molecule has 0 aliphatic carbocycles. The van der Waals surface area contributed by atoms with Crippen LogP contribution < -0.4 is 0 Å². The summed E-state index contributed by atoms with van der Waals surface area (Å²) in [4.78, 5) is 28.8. The van der Waals surface area contributed by atoms with Gasteiger partial charge in [-0.05, 0) is 32.8 Å². The van der Waals surface area contributed by atoms with Gasteiger partial charge in [-0.2, -0.15) is 0 Å². The molecule has 1 aliphatic heterocycles. The van der Waals surface area contributed by atoms with Gasteiger partial charge in [0.1, 0.15) is 17.1 Å². The number of methoxy groups -OCH3 is 1. The number of nitrogens with zero attached hydrogens (tertiary/aromatic N) is 2. The Hall–Kier alpha value is -1.86. The Kier molecular flexibility index (Phi) is 7.06. The van der Waals surface area contributed by atoms with Crippen molar-refractivity contribution in [3.05, 3.63) is 23.2 Å². The largest absolute Gasteiger partial charge is 0.465 e. The van der Waals surface area contributed by atoms with Crippen molar-refractivity contribution in [1.82, 2.24) is 9.80 Å². The van der Waals surface area contributed by atoms with E-state index in [0.29, 0.717) is 23.6 Å². The van der Waals surface area contributed by atoms with Crippen LogP contribution in [0, 0.1) is 12.8 Å². The van der Waals surface area contributed by atoms with Crippen molar-refractivity contribution in [1.29, 1.82) is 0 Å². The lowest BCUT2D eigenvalue weighted by atomic mass is 9.99. The zero-order valence-electron chi connectivity index (χ0n) is 17.4. The number of hydrogen-bond donors (Lipinski definition) is 0. The average Bonchev–Trinajstić information content (AvgIpc) is 2.93. The molecule has 7 heteroatoms. The van der Waals surface area contributed by atoms with E-state index in [2.05, 4.69) is 18.7 Å². The van der Waals surface area contributed by atoms with Crippen molar-refractivity contribution in [3.8, 4) is 0 Å². The van der Waals surface area contributed by atoms with Gasteiger partial charge in [0.2, 0.25) is 5.91 Å². The molecule has 2 heterocycles. The second-order valence-corrected chi connectivity index (χ2v) is 7.77. The summed E-state index contributed by atoms with van der Waals surface area (Å²) in [5.41, 5.74) is 0.393. The molecule has 7 nitrogen and oxygen atoms in total. The van der Waals surface area contributed by atoms with Gasteiger partial charge in [0.25, 0.3) is 0 Å². The first-order valence-electron chi connectivity index (χ1n) is 9.46. The summed E-state index contributed by atoms with van der Waals surface area (Å²) in [6, 6.07) is 1.42. The smallest absolute Gasteiger partial charge is 0.341 e. The van der Waals surface area contributed by atoms with Gasteiger partial charge in [0, 0.05) is 20.1 Å². The molecule has 1 fully saturated rings. The van der Waals surface area contributed by atoms with Crippen LogP contribution in [0.2, 0.25) is 0 Å². The molecule has 3 atom stereocenters. The van der Waals surface area contributed by atoms with E-state index in [9.17, 15) is 9.59 Å². The summed E-state index contributed by atoms with van der Waals surface area (Å²) in [6.45, 7) is 11.7. The molecule has 1 amide bonds. The van der Waals surface area contributed by atoms with E-state index in [1.165, 1.54) is 7.11 Å².